The van der Waals surface area contributed by atoms with Crippen molar-refractivity contribution in [2.24, 2.45) is 0 Å². The fraction of sp³-hybridized carbons (Fsp3) is 0.261. The van der Waals surface area contributed by atoms with E-state index in [0.717, 1.165) is 40.2 Å². The number of amides is 1. The number of rotatable bonds is 6. The van der Waals surface area contributed by atoms with Gasteiger partial charge in [-0.3, -0.25) is 4.79 Å². The number of aliphatic hydroxyl groups excluding tert-OH is 1. The summed E-state index contributed by atoms with van der Waals surface area (Å²) >= 11 is 1.57. The largest absolute Gasteiger partial charge is 0.484 e. The van der Waals surface area contributed by atoms with E-state index in [1.807, 2.05) is 64.8 Å². The molecule has 3 aromatic heterocycles. The number of thiazole rings is 1. The molecule has 1 fully saturated rings. The van der Waals surface area contributed by atoms with Crippen LogP contribution in [0.1, 0.15) is 12.8 Å². The van der Waals surface area contributed by atoms with Gasteiger partial charge >= 0.3 is 0 Å². The maximum atomic E-state index is 12.5. The highest BCUT2D eigenvalue weighted by Crippen LogP contribution is 2.32. The topological polar surface area (TPSA) is 80.0 Å². The summed E-state index contributed by atoms with van der Waals surface area (Å²) < 4.78 is 7.60. The Labute approximate surface area is 183 Å². The van der Waals surface area contributed by atoms with E-state index in [-0.39, 0.29) is 25.2 Å². The van der Waals surface area contributed by atoms with Crippen LogP contribution in [-0.4, -0.2) is 56.3 Å². The Hall–Kier alpha value is -3.23. The summed E-state index contributed by atoms with van der Waals surface area (Å²) in [5, 5.41) is 16.7. The molecule has 1 aromatic carbocycles. The maximum Gasteiger partial charge on any atom is 0.260 e. The number of carbonyl (C=O) groups excluding carboxylic acids is 1. The summed E-state index contributed by atoms with van der Waals surface area (Å²) in [4.78, 5) is 19.0. The predicted molar refractivity (Wildman–Crippen MR) is 119 cm³/mol. The van der Waals surface area contributed by atoms with E-state index in [1.165, 1.54) is 0 Å². The van der Waals surface area contributed by atoms with E-state index in [0.29, 0.717) is 12.3 Å². The van der Waals surface area contributed by atoms with Crippen LogP contribution >= 0.6 is 11.3 Å². The van der Waals surface area contributed by atoms with Crippen molar-refractivity contribution in [3.8, 4) is 27.6 Å². The van der Waals surface area contributed by atoms with Crippen LogP contribution < -0.4 is 4.74 Å². The fourth-order valence-electron chi connectivity index (χ4n) is 3.96. The highest BCUT2D eigenvalue weighted by atomic mass is 32.1. The van der Waals surface area contributed by atoms with E-state index in [9.17, 15) is 9.90 Å². The molecule has 158 valence electrons. The second-order valence-corrected chi connectivity index (χ2v) is 8.37. The maximum absolute atomic E-state index is 12.5. The Morgan fingerprint density at radius 1 is 1.26 bits per heavy atom. The second-order valence-electron chi connectivity index (χ2n) is 7.51. The molecule has 0 radical (unpaired) electrons. The summed E-state index contributed by atoms with van der Waals surface area (Å²) in [5.41, 5.74) is 3.80. The minimum atomic E-state index is -0.0917. The molecule has 0 spiro atoms. The standard InChI is InChI=1S/C23H22N4O3S/c28-13-17-6-4-9-26(17)22(29)14-30-18-7-3-5-16(11-18)20-15-31-23(25-20)19-12-24-27-10-2-1-8-21(19)27/h1-3,5,7-8,10-12,15,17,28H,4,6,9,13-14H2. The van der Waals surface area contributed by atoms with E-state index < -0.39 is 0 Å². The fourth-order valence-corrected chi connectivity index (χ4v) is 4.80. The minimum Gasteiger partial charge on any atom is -0.484 e. The van der Waals surface area contributed by atoms with Crippen LogP contribution in [0.5, 0.6) is 5.75 Å². The summed E-state index contributed by atoms with van der Waals surface area (Å²) in [6.07, 6.45) is 5.52. The Morgan fingerprint density at radius 2 is 2.19 bits per heavy atom. The number of carbonyl (C=O) groups is 1. The molecular weight excluding hydrogens is 412 g/mol. The third kappa shape index (κ3) is 3.92. The van der Waals surface area contributed by atoms with Crippen LogP contribution in [0.25, 0.3) is 27.3 Å². The molecule has 1 saturated heterocycles. The molecule has 1 N–H and O–H groups in total. The van der Waals surface area contributed by atoms with E-state index in [1.54, 1.807) is 16.2 Å². The smallest absolute Gasteiger partial charge is 0.260 e. The molecule has 0 aliphatic carbocycles. The van der Waals surface area contributed by atoms with Crippen molar-refractivity contribution in [2.75, 3.05) is 19.8 Å². The lowest BCUT2D eigenvalue weighted by Crippen LogP contribution is -2.40. The van der Waals surface area contributed by atoms with Gasteiger partial charge in [0.1, 0.15) is 10.8 Å². The van der Waals surface area contributed by atoms with Gasteiger partial charge in [-0.2, -0.15) is 5.10 Å². The number of aromatic nitrogens is 3. The number of pyridine rings is 1. The lowest BCUT2D eigenvalue weighted by molar-refractivity contribution is -0.134. The molecule has 8 heteroatoms. The summed E-state index contributed by atoms with van der Waals surface area (Å²) in [7, 11) is 0. The van der Waals surface area contributed by atoms with Crippen molar-refractivity contribution in [3.05, 3.63) is 60.2 Å². The van der Waals surface area contributed by atoms with E-state index in [4.69, 9.17) is 9.72 Å². The monoisotopic (exact) mass is 434 g/mol. The van der Waals surface area contributed by atoms with Crippen LogP contribution in [0.4, 0.5) is 0 Å². The first-order valence-electron chi connectivity index (χ1n) is 10.2. The van der Waals surface area contributed by atoms with Crippen LogP contribution in [0.2, 0.25) is 0 Å². The number of hydrogen-bond donors (Lipinski definition) is 1. The first-order chi connectivity index (χ1) is 15.2. The molecule has 4 aromatic rings. The lowest BCUT2D eigenvalue weighted by Gasteiger charge is -2.23. The molecule has 1 aliphatic heterocycles. The van der Waals surface area contributed by atoms with Crippen LogP contribution in [0, 0.1) is 0 Å². The van der Waals surface area contributed by atoms with Gasteiger partial charge in [-0.15, -0.1) is 11.3 Å². The Morgan fingerprint density at radius 3 is 3.10 bits per heavy atom. The number of aliphatic hydroxyl groups is 1. The number of ether oxygens (including phenoxy) is 1. The van der Waals surface area contributed by atoms with Gasteiger partial charge in [-0.25, -0.2) is 9.50 Å². The molecule has 1 atom stereocenters. The first-order valence-corrected chi connectivity index (χ1v) is 11.1. The molecule has 5 rings (SSSR count). The van der Waals surface area contributed by atoms with E-state index in [2.05, 4.69) is 5.10 Å². The summed E-state index contributed by atoms with van der Waals surface area (Å²) in [5.74, 6) is 0.530. The van der Waals surface area contributed by atoms with Crippen molar-refractivity contribution < 1.29 is 14.6 Å². The molecule has 0 saturated carbocycles. The van der Waals surface area contributed by atoms with Crippen molar-refractivity contribution in [1.82, 2.24) is 19.5 Å². The minimum absolute atomic E-state index is 0.0000792. The number of hydrogen-bond acceptors (Lipinski definition) is 6. The van der Waals surface area contributed by atoms with Gasteiger partial charge in [-0.1, -0.05) is 18.2 Å². The van der Waals surface area contributed by atoms with Crippen molar-refractivity contribution >= 4 is 22.8 Å². The van der Waals surface area contributed by atoms with Gasteiger partial charge < -0.3 is 14.7 Å². The Kier molecular flexibility index (Phi) is 5.40. The van der Waals surface area contributed by atoms with Crippen molar-refractivity contribution in [2.45, 2.75) is 18.9 Å². The second kappa shape index (κ2) is 8.49. The summed E-state index contributed by atoms with van der Waals surface area (Å²) in [6, 6.07) is 13.5. The van der Waals surface area contributed by atoms with Gasteiger partial charge in [0.25, 0.3) is 5.91 Å². The van der Waals surface area contributed by atoms with Gasteiger partial charge in [0, 0.05) is 23.7 Å². The normalized spacial score (nSPS) is 16.2. The zero-order valence-electron chi connectivity index (χ0n) is 16.8. The number of fused-ring (bicyclic) bond motifs is 1. The molecule has 1 aliphatic rings. The highest BCUT2D eigenvalue weighted by molar-refractivity contribution is 7.13. The Bertz CT molecular complexity index is 1220. The molecule has 0 bridgehead atoms. The average molecular weight is 435 g/mol. The van der Waals surface area contributed by atoms with Crippen molar-refractivity contribution in [1.29, 1.82) is 0 Å². The zero-order valence-corrected chi connectivity index (χ0v) is 17.7. The lowest BCUT2D eigenvalue weighted by atomic mass is 10.1. The van der Waals surface area contributed by atoms with Gasteiger partial charge in [0.15, 0.2) is 6.61 Å². The molecular formula is C23H22N4O3S. The number of nitrogens with zero attached hydrogens (tertiary/aromatic N) is 4. The van der Waals surface area contributed by atoms with Gasteiger partial charge in [-0.05, 0) is 37.1 Å². The molecule has 31 heavy (non-hydrogen) atoms. The predicted octanol–water partition coefficient (Wildman–Crippen LogP) is 3.49. The zero-order chi connectivity index (χ0) is 21.2. The SMILES string of the molecule is O=C(COc1cccc(-c2csc(-c3cnn4ccccc34)n2)c1)N1CCCC1CO. The van der Waals surface area contributed by atoms with E-state index >= 15 is 0 Å². The van der Waals surface area contributed by atoms with Crippen LogP contribution in [0.15, 0.2) is 60.2 Å². The summed E-state index contributed by atoms with van der Waals surface area (Å²) in [6.45, 7) is 0.642. The average Bonchev–Trinajstić information content (AvgIpc) is 3.56. The third-order valence-electron chi connectivity index (χ3n) is 5.56. The van der Waals surface area contributed by atoms with Gasteiger partial charge in [0.2, 0.25) is 0 Å². The number of benzene rings is 1. The molecule has 4 heterocycles. The highest BCUT2D eigenvalue weighted by Gasteiger charge is 2.28. The number of likely N-dealkylation sites (tertiary alicyclic amines) is 1. The molecule has 1 amide bonds. The molecule has 7 nitrogen and oxygen atoms in total. The van der Waals surface area contributed by atoms with Crippen LogP contribution in [-0.2, 0) is 4.79 Å². The van der Waals surface area contributed by atoms with Crippen molar-refractivity contribution in [3.63, 3.8) is 0 Å². The molecule has 1 unspecified atom stereocenters. The van der Waals surface area contributed by atoms with Crippen LogP contribution in [0.3, 0.4) is 0 Å². The Balaban J connectivity index is 1.31. The quantitative estimate of drug-likeness (QED) is 0.503. The van der Waals surface area contributed by atoms with Gasteiger partial charge in [0.05, 0.1) is 35.6 Å². The third-order valence-corrected chi connectivity index (χ3v) is 6.44. The first kappa shape index (κ1) is 19.7.